The number of anilines is 2. The lowest BCUT2D eigenvalue weighted by Gasteiger charge is -2.14. The second-order valence-corrected chi connectivity index (χ2v) is 3.84. The molecule has 74 valence electrons. The van der Waals surface area contributed by atoms with Crippen molar-refractivity contribution in [1.82, 2.24) is 0 Å². The van der Waals surface area contributed by atoms with Gasteiger partial charge in [0.15, 0.2) is 0 Å². The number of nitrogens with one attached hydrogen (secondary N) is 2. The number of fused-ring (bicyclic) bond motifs is 1. The van der Waals surface area contributed by atoms with Gasteiger partial charge in [-0.25, -0.2) is 0 Å². The minimum Gasteiger partial charge on any atom is -0.377 e. The Morgan fingerprint density at radius 3 is 2.43 bits per heavy atom. The molecular weight excluding hydrogens is 172 g/mol. The fourth-order valence-electron chi connectivity index (χ4n) is 1.68. The minimum absolute atomic E-state index is 0.395. The van der Waals surface area contributed by atoms with Crippen molar-refractivity contribution in [3.8, 4) is 0 Å². The summed E-state index contributed by atoms with van der Waals surface area (Å²) in [6, 6.07) is 8.69. The van der Waals surface area contributed by atoms with Gasteiger partial charge in [0.25, 0.3) is 0 Å². The van der Waals surface area contributed by atoms with Crippen LogP contribution < -0.4 is 10.6 Å². The molecule has 1 heterocycles. The second kappa shape index (κ2) is 3.37. The Hall–Kier alpha value is -1.44. The predicted molar refractivity (Wildman–Crippen MR) is 61.5 cm³/mol. The predicted octanol–water partition coefficient (Wildman–Crippen LogP) is 3.21. The fourth-order valence-corrected chi connectivity index (χ4v) is 1.68. The fraction of sp³-hybridized carbons (Fsp3) is 0.333. The average molecular weight is 188 g/mol. The van der Waals surface area contributed by atoms with Crippen LogP contribution in [-0.2, 0) is 0 Å². The largest absolute Gasteiger partial charge is 0.377 e. The Labute approximate surface area is 85.0 Å². The van der Waals surface area contributed by atoms with Crippen LogP contribution in [0.5, 0.6) is 0 Å². The number of para-hydroxylation sites is 2. The lowest BCUT2D eigenvalue weighted by Crippen LogP contribution is -2.15. The Bertz CT molecular complexity index is 380. The lowest BCUT2D eigenvalue weighted by atomic mass is 10.1. The molecule has 2 nitrogen and oxygen atoms in total. The molecule has 0 bridgehead atoms. The monoisotopic (exact) mass is 188 g/mol. The number of allylic oxidation sites excluding steroid dienone is 1. The molecular formula is C12H16N2. The number of benzene rings is 1. The van der Waals surface area contributed by atoms with Gasteiger partial charge in [0, 0.05) is 11.7 Å². The Kier molecular flexibility index (Phi) is 2.20. The Balaban J connectivity index is 2.44. The maximum absolute atomic E-state index is 3.48. The molecule has 0 amide bonds. The van der Waals surface area contributed by atoms with E-state index >= 15 is 0 Å². The summed E-state index contributed by atoms with van der Waals surface area (Å²) in [4.78, 5) is 0. The molecule has 0 saturated heterocycles. The van der Waals surface area contributed by atoms with Gasteiger partial charge in [-0.3, -0.25) is 0 Å². The van der Waals surface area contributed by atoms with E-state index in [0.29, 0.717) is 6.04 Å². The van der Waals surface area contributed by atoms with Crippen LogP contribution in [0.15, 0.2) is 35.5 Å². The molecule has 2 N–H and O–H groups in total. The molecule has 0 spiro atoms. The summed E-state index contributed by atoms with van der Waals surface area (Å²) in [6.07, 6.45) is 0. The highest BCUT2D eigenvalue weighted by molar-refractivity contribution is 5.72. The van der Waals surface area contributed by atoms with Crippen molar-refractivity contribution < 1.29 is 0 Å². The summed E-state index contributed by atoms with van der Waals surface area (Å²) < 4.78 is 0. The molecule has 0 radical (unpaired) electrons. The van der Waals surface area contributed by atoms with Gasteiger partial charge in [-0.1, -0.05) is 12.1 Å². The normalized spacial score (nSPS) is 20.6. The molecule has 0 aliphatic carbocycles. The van der Waals surface area contributed by atoms with E-state index in [1.807, 2.05) is 6.07 Å². The zero-order chi connectivity index (χ0) is 10.1. The van der Waals surface area contributed by atoms with Gasteiger partial charge in [-0.05, 0) is 38.5 Å². The van der Waals surface area contributed by atoms with Crippen molar-refractivity contribution in [3.05, 3.63) is 35.5 Å². The highest BCUT2D eigenvalue weighted by Crippen LogP contribution is 2.28. The second-order valence-electron chi connectivity index (χ2n) is 3.84. The third kappa shape index (κ3) is 1.48. The van der Waals surface area contributed by atoms with E-state index in [1.54, 1.807) is 0 Å². The van der Waals surface area contributed by atoms with Gasteiger partial charge in [0.05, 0.1) is 11.4 Å². The summed E-state index contributed by atoms with van der Waals surface area (Å²) in [5.41, 5.74) is 4.95. The Morgan fingerprint density at radius 1 is 1.07 bits per heavy atom. The van der Waals surface area contributed by atoms with Crippen LogP contribution in [0.2, 0.25) is 0 Å². The number of hydrogen-bond acceptors (Lipinski definition) is 2. The number of hydrogen-bond donors (Lipinski definition) is 2. The average Bonchev–Trinajstić information content (AvgIpc) is 2.28. The molecule has 1 atom stereocenters. The zero-order valence-corrected chi connectivity index (χ0v) is 8.89. The lowest BCUT2D eigenvalue weighted by molar-refractivity contribution is 0.914. The van der Waals surface area contributed by atoms with Crippen molar-refractivity contribution in [2.75, 3.05) is 10.6 Å². The molecule has 1 aromatic carbocycles. The third-order valence-electron chi connectivity index (χ3n) is 2.86. The van der Waals surface area contributed by atoms with Crippen molar-refractivity contribution in [1.29, 1.82) is 0 Å². The molecule has 1 aliphatic rings. The van der Waals surface area contributed by atoms with Crippen LogP contribution in [0.4, 0.5) is 11.4 Å². The molecule has 2 rings (SSSR count). The first-order valence-electron chi connectivity index (χ1n) is 4.98. The van der Waals surface area contributed by atoms with Crippen LogP contribution in [0.1, 0.15) is 20.8 Å². The van der Waals surface area contributed by atoms with Crippen LogP contribution >= 0.6 is 0 Å². The van der Waals surface area contributed by atoms with Crippen LogP contribution in [0, 0.1) is 0 Å². The smallest absolute Gasteiger partial charge is 0.0617 e. The highest BCUT2D eigenvalue weighted by atomic mass is 15.0. The van der Waals surface area contributed by atoms with E-state index in [4.69, 9.17) is 0 Å². The van der Waals surface area contributed by atoms with E-state index in [1.165, 1.54) is 17.0 Å². The van der Waals surface area contributed by atoms with E-state index in [-0.39, 0.29) is 0 Å². The summed E-state index contributed by atoms with van der Waals surface area (Å²) in [5.74, 6) is 0. The molecule has 14 heavy (non-hydrogen) atoms. The van der Waals surface area contributed by atoms with Crippen LogP contribution in [0.3, 0.4) is 0 Å². The van der Waals surface area contributed by atoms with Crippen molar-refractivity contribution in [2.24, 2.45) is 0 Å². The van der Waals surface area contributed by atoms with Gasteiger partial charge in [0.2, 0.25) is 0 Å². The van der Waals surface area contributed by atoms with Gasteiger partial charge >= 0.3 is 0 Å². The summed E-state index contributed by atoms with van der Waals surface area (Å²) >= 11 is 0. The van der Waals surface area contributed by atoms with Crippen molar-refractivity contribution in [3.63, 3.8) is 0 Å². The maximum atomic E-state index is 3.48. The third-order valence-corrected chi connectivity index (χ3v) is 2.86. The zero-order valence-electron chi connectivity index (χ0n) is 8.89. The molecule has 0 saturated carbocycles. The first-order chi connectivity index (χ1) is 6.68. The van der Waals surface area contributed by atoms with Crippen LogP contribution in [-0.4, -0.2) is 6.04 Å². The quantitative estimate of drug-likeness (QED) is 0.653. The highest BCUT2D eigenvalue weighted by Gasteiger charge is 2.14. The van der Waals surface area contributed by atoms with Crippen molar-refractivity contribution in [2.45, 2.75) is 26.8 Å². The summed E-state index contributed by atoms with van der Waals surface area (Å²) in [5, 5.41) is 6.90. The summed E-state index contributed by atoms with van der Waals surface area (Å²) in [6.45, 7) is 6.46. The topological polar surface area (TPSA) is 24.1 Å². The molecule has 1 unspecified atom stereocenters. The van der Waals surface area contributed by atoms with E-state index < -0.39 is 0 Å². The van der Waals surface area contributed by atoms with Gasteiger partial charge in [0.1, 0.15) is 0 Å². The van der Waals surface area contributed by atoms with Gasteiger partial charge < -0.3 is 10.6 Å². The Morgan fingerprint density at radius 2 is 1.71 bits per heavy atom. The molecule has 1 aliphatic heterocycles. The standard InChI is InChI=1S/C12H16N2/c1-8-9(2)13-11-6-4-5-7-12(11)14-10(8)3/h4-7,9,13-14H,1-3H3. The SMILES string of the molecule is CC1=C(C)C(C)Nc2ccccc2N1. The van der Waals surface area contributed by atoms with Crippen LogP contribution in [0.25, 0.3) is 0 Å². The first-order valence-corrected chi connectivity index (χ1v) is 4.98. The van der Waals surface area contributed by atoms with E-state index in [9.17, 15) is 0 Å². The first kappa shape index (κ1) is 9.13. The number of rotatable bonds is 0. The molecule has 0 fully saturated rings. The minimum atomic E-state index is 0.395. The van der Waals surface area contributed by atoms with Crippen molar-refractivity contribution >= 4 is 11.4 Å². The van der Waals surface area contributed by atoms with E-state index in [0.717, 1.165) is 5.69 Å². The van der Waals surface area contributed by atoms with Gasteiger partial charge in [-0.2, -0.15) is 0 Å². The summed E-state index contributed by atoms with van der Waals surface area (Å²) in [7, 11) is 0. The molecule has 0 aromatic heterocycles. The molecule has 1 aromatic rings. The molecule has 2 heteroatoms. The van der Waals surface area contributed by atoms with E-state index in [2.05, 4.69) is 49.6 Å². The van der Waals surface area contributed by atoms with Gasteiger partial charge in [-0.15, -0.1) is 0 Å². The maximum Gasteiger partial charge on any atom is 0.0617 e.